The maximum absolute atomic E-state index is 14.3. The Hall–Kier alpha value is -4.12. The number of nitrogens with zero attached hydrogens (tertiary/aromatic N) is 2. The summed E-state index contributed by atoms with van der Waals surface area (Å²) in [6, 6.07) is 13.0. The Balaban J connectivity index is 1.66. The van der Waals surface area contributed by atoms with Crippen LogP contribution in [0.3, 0.4) is 0 Å². The number of aromatic amines is 1. The molecule has 0 saturated carbocycles. The Bertz CT molecular complexity index is 1480. The molecule has 0 unspecified atom stereocenters. The molecule has 0 saturated heterocycles. The van der Waals surface area contributed by atoms with Crippen molar-refractivity contribution in [1.29, 1.82) is 0 Å². The first-order chi connectivity index (χ1) is 17.1. The summed E-state index contributed by atoms with van der Waals surface area (Å²) in [5.41, 5.74) is -1.77. The molecule has 1 heterocycles. The van der Waals surface area contributed by atoms with Gasteiger partial charge in [0.05, 0.1) is 34.5 Å². The van der Waals surface area contributed by atoms with E-state index in [0.717, 1.165) is 16.8 Å². The molecule has 1 aromatic heterocycles. The molecule has 4 aromatic rings. The number of rotatable bonds is 6. The van der Waals surface area contributed by atoms with Crippen LogP contribution in [0.5, 0.6) is 5.75 Å². The van der Waals surface area contributed by atoms with E-state index in [1.807, 2.05) is 0 Å². The van der Waals surface area contributed by atoms with Crippen LogP contribution in [-0.2, 0) is 12.7 Å². The number of ether oxygens (including phenoxy) is 1. The van der Waals surface area contributed by atoms with Gasteiger partial charge in [-0.3, -0.25) is 9.78 Å². The summed E-state index contributed by atoms with van der Waals surface area (Å²) in [5, 5.41) is 6.56. The molecule has 186 valence electrons. The summed E-state index contributed by atoms with van der Waals surface area (Å²) < 4.78 is 60.2. The second-order valence-electron chi connectivity index (χ2n) is 7.51. The SMILES string of the molecule is COc1ccc(-n2nc(-c3c(F)cccc3Cl)[nH]c2=O)cc1C(=O)NCc1ccccc1C(F)(F)F. The zero-order valence-electron chi connectivity index (χ0n) is 18.5. The van der Waals surface area contributed by atoms with Gasteiger partial charge < -0.3 is 10.1 Å². The van der Waals surface area contributed by atoms with Gasteiger partial charge in [-0.25, -0.2) is 9.18 Å². The van der Waals surface area contributed by atoms with Gasteiger partial charge in [0.25, 0.3) is 5.91 Å². The van der Waals surface area contributed by atoms with E-state index in [2.05, 4.69) is 15.4 Å². The fourth-order valence-electron chi connectivity index (χ4n) is 3.56. The highest BCUT2D eigenvalue weighted by atomic mass is 35.5. The van der Waals surface area contributed by atoms with E-state index in [1.54, 1.807) is 0 Å². The van der Waals surface area contributed by atoms with E-state index < -0.39 is 35.7 Å². The highest BCUT2D eigenvalue weighted by molar-refractivity contribution is 6.33. The predicted octanol–water partition coefficient (Wildman–Crippen LogP) is 4.98. The van der Waals surface area contributed by atoms with Gasteiger partial charge in [-0.2, -0.15) is 17.9 Å². The molecule has 0 aliphatic heterocycles. The standard InChI is InChI=1S/C24H17ClF4N4O3/c1-36-19-10-9-14(33-23(35)31-21(32-33)20-17(25)7-4-8-18(20)26)11-15(19)22(34)30-12-13-5-2-3-6-16(13)24(27,28)29/h2-11H,12H2,1H3,(H,30,34)(H,31,32,35). The molecule has 0 bridgehead atoms. The molecule has 0 fully saturated rings. The number of hydrogen-bond donors (Lipinski definition) is 2. The van der Waals surface area contributed by atoms with Crippen LogP contribution in [0, 0.1) is 5.82 Å². The van der Waals surface area contributed by atoms with Crippen molar-refractivity contribution in [2.45, 2.75) is 12.7 Å². The van der Waals surface area contributed by atoms with Gasteiger partial charge in [-0.05, 0) is 42.0 Å². The zero-order valence-corrected chi connectivity index (χ0v) is 19.2. The lowest BCUT2D eigenvalue weighted by atomic mass is 10.1. The predicted molar refractivity (Wildman–Crippen MR) is 124 cm³/mol. The number of aromatic nitrogens is 3. The van der Waals surface area contributed by atoms with Crippen molar-refractivity contribution >= 4 is 17.5 Å². The summed E-state index contributed by atoms with van der Waals surface area (Å²) >= 11 is 6.05. The van der Waals surface area contributed by atoms with Crippen LogP contribution < -0.4 is 15.7 Å². The maximum atomic E-state index is 14.3. The van der Waals surface area contributed by atoms with Crippen LogP contribution in [0.2, 0.25) is 5.02 Å². The number of carbonyl (C=O) groups excluding carboxylic acids is 1. The average molecular weight is 521 g/mol. The minimum atomic E-state index is -4.58. The van der Waals surface area contributed by atoms with Crippen molar-refractivity contribution < 1.29 is 27.1 Å². The first-order valence-corrected chi connectivity index (χ1v) is 10.7. The number of hydrogen-bond acceptors (Lipinski definition) is 4. The maximum Gasteiger partial charge on any atom is 0.416 e. The van der Waals surface area contributed by atoms with Crippen molar-refractivity contribution in [2.75, 3.05) is 7.11 Å². The summed E-state index contributed by atoms with van der Waals surface area (Å²) in [7, 11) is 1.31. The van der Waals surface area contributed by atoms with Crippen molar-refractivity contribution in [3.63, 3.8) is 0 Å². The third-order valence-corrected chi connectivity index (χ3v) is 5.57. The Morgan fingerprint density at radius 3 is 2.58 bits per heavy atom. The monoisotopic (exact) mass is 520 g/mol. The molecule has 3 aromatic carbocycles. The van der Waals surface area contributed by atoms with E-state index in [4.69, 9.17) is 16.3 Å². The minimum Gasteiger partial charge on any atom is -0.496 e. The molecule has 0 aliphatic carbocycles. The highest BCUT2D eigenvalue weighted by Crippen LogP contribution is 2.32. The Morgan fingerprint density at radius 2 is 1.89 bits per heavy atom. The van der Waals surface area contributed by atoms with Crippen LogP contribution in [0.1, 0.15) is 21.5 Å². The van der Waals surface area contributed by atoms with Crippen LogP contribution in [0.4, 0.5) is 17.6 Å². The molecule has 0 spiro atoms. The third-order valence-electron chi connectivity index (χ3n) is 5.25. The molecule has 4 rings (SSSR count). The lowest BCUT2D eigenvalue weighted by Gasteiger charge is -2.14. The van der Waals surface area contributed by atoms with Gasteiger partial charge in [-0.1, -0.05) is 35.9 Å². The normalized spacial score (nSPS) is 11.4. The second-order valence-corrected chi connectivity index (χ2v) is 7.92. The third kappa shape index (κ3) is 4.96. The first kappa shape index (κ1) is 25.0. The van der Waals surface area contributed by atoms with E-state index in [9.17, 15) is 27.2 Å². The van der Waals surface area contributed by atoms with Gasteiger partial charge in [0.2, 0.25) is 0 Å². The molecule has 0 radical (unpaired) electrons. The largest absolute Gasteiger partial charge is 0.496 e. The van der Waals surface area contributed by atoms with Crippen molar-refractivity contribution in [2.24, 2.45) is 0 Å². The number of amides is 1. The molecular formula is C24H17ClF4N4O3. The van der Waals surface area contributed by atoms with Crippen LogP contribution in [0.15, 0.2) is 65.5 Å². The number of carbonyl (C=O) groups is 1. The van der Waals surface area contributed by atoms with E-state index in [1.165, 1.54) is 55.6 Å². The molecular weight excluding hydrogens is 504 g/mol. The number of benzene rings is 3. The number of alkyl halides is 3. The number of methoxy groups -OCH3 is 1. The van der Waals surface area contributed by atoms with Crippen molar-refractivity contribution in [3.8, 4) is 22.8 Å². The lowest BCUT2D eigenvalue weighted by molar-refractivity contribution is -0.138. The summed E-state index contributed by atoms with van der Waals surface area (Å²) in [6.07, 6.45) is -4.58. The Kier molecular flexibility index (Phi) is 6.84. The number of nitrogens with one attached hydrogen (secondary N) is 2. The minimum absolute atomic E-state index is 0.0323. The fraction of sp³-hybridized carbons (Fsp3) is 0.125. The topological polar surface area (TPSA) is 89.0 Å². The fourth-order valence-corrected chi connectivity index (χ4v) is 3.82. The molecule has 0 aliphatic rings. The second kappa shape index (κ2) is 9.86. The van der Waals surface area contributed by atoms with Gasteiger partial charge in [0, 0.05) is 6.54 Å². The van der Waals surface area contributed by atoms with Crippen LogP contribution >= 0.6 is 11.6 Å². The van der Waals surface area contributed by atoms with Gasteiger partial charge in [0.1, 0.15) is 11.6 Å². The molecule has 1 amide bonds. The van der Waals surface area contributed by atoms with Gasteiger partial charge >= 0.3 is 11.9 Å². The number of H-pyrrole nitrogens is 1. The number of halogens is 5. The lowest BCUT2D eigenvalue weighted by Crippen LogP contribution is -2.25. The highest BCUT2D eigenvalue weighted by Gasteiger charge is 2.33. The van der Waals surface area contributed by atoms with Gasteiger partial charge in [-0.15, -0.1) is 5.10 Å². The summed E-state index contributed by atoms with van der Waals surface area (Å²) in [4.78, 5) is 27.9. The molecule has 7 nitrogen and oxygen atoms in total. The Labute approximate surface area is 206 Å². The molecule has 0 atom stereocenters. The summed E-state index contributed by atoms with van der Waals surface area (Å²) in [6.45, 7) is -0.403. The first-order valence-electron chi connectivity index (χ1n) is 10.4. The smallest absolute Gasteiger partial charge is 0.416 e. The molecule has 12 heteroatoms. The van der Waals surface area contributed by atoms with Crippen molar-refractivity contribution in [3.05, 3.63) is 98.7 Å². The average Bonchev–Trinajstić information content (AvgIpc) is 3.22. The van der Waals surface area contributed by atoms with Crippen molar-refractivity contribution in [1.82, 2.24) is 20.1 Å². The van der Waals surface area contributed by atoms with Crippen LogP contribution in [-0.4, -0.2) is 27.8 Å². The van der Waals surface area contributed by atoms with E-state index in [0.29, 0.717) is 0 Å². The van der Waals surface area contributed by atoms with Gasteiger partial charge in [0.15, 0.2) is 5.82 Å². The quantitative estimate of drug-likeness (QED) is 0.351. The van der Waals surface area contributed by atoms with E-state index >= 15 is 0 Å². The zero-order chi connectivity index (χ0) is 26.0. The van der Waals surface area contributed by atoms with Crippen LogP contribution in [0.25, 0.3) is 17.1 Å². The Morgan fingerprint density at radius 1 is 1.14 bits per heavy atom. The van der Waals surface area contributed by atoms with E-state index in [-0.39, 0.29) is 39.0 Å². The molecule has 2 N–H and O–H groups in total. The summed E-state index contributed by atoms with van der Waals surface area (Å²) in [5.74, 6) is -1.46. The molecule has 36 heavy (non-hydrogen) atoms.